The van der Waals surface area contributed by atoms with Gasteiger partial charge in [0.25, 0.3) is 5.91 Å². The van der Waals surface area contributed by atoms with Gasteiger partial charge in [0.15, 0.2) is 0 Å². The number of amides is 1. The van der Waals surface area contributed by atoms with Gasteiger partial charge in [0.2, 0.25) is 0 Å². The molecule has 0 radical (unpaired) electrons. The van der Waals surface area contributed by atoms with Crippen molar-refractivity contribution >= 4 is 17.5 Å². The maximum Gasteiger partial charge on any atom is 0.253 e. The van der Waals surface area contributed by atoms with E-state index in [0.29, 0.717) is 10.6 Å². The molecule has 0 aromatic heterocycles. The lowest BCUT2D eigenvalue weighted by molar-refractivity contribution is 0.0765. The summed E-state index contributed by atoms with van der Waals surface area (Å²) in [7, 11) is 4.25. The van der Waals surface area contributed by atoms with Crippen molar-refractivity contribution in [3.63, 3.8) is 0 Å². The number of nitrogens with one attached hydrogen (secondary N) is 1. The average molecular weight is 385 g/mol. The van der Waals surface area contributed by atoms with Crippen LogP contribution >= 0.6 is 11.6 Å². The van der Waals surface area contributed by atoms with Crippen LogP contribution in [-0.4, -0.2) is 30.4 Å². The number of aryl methyl sites for hydroxylation is 1. The zero-order chi connectivity index (χ0) is 19.4. The molecule has 1 saturated carbocycles. The van der Waals surface area contributed by atoms with E-state index < -0.39 is 0 Å². The number of nitrogens with zero attached hydrogens (tertiary/aromatic N) is 1. The second-order valence-electron chi connectivity index (χ2n) is 7.65. The molecule has 1 amide bonds. The molecule has 1 aliphatic carbocycles. The molecule has 2 aromatic rings. The van der Waals surface area contributed by atoms with Gasteiger partial charge < -0.3 is 10.2 Å². The highest BCUT2D eigenvalue weighted by molar-refractivity contribution is 6.34. The van der Waals surface area contributed by atoms with Crippen LogP contribution in [0.2, 0.25) is 5.02 Å². The van der Waals surface area contributed by atoms with Crippen molar-refractivity contribution in [3.8, 4) is 0 Å². The smallest absolute Gasteiger partial charge is 0.253 e. The Morgan fingerprint density at radius 2 is 1.78 bits per heavy atom. The molecular formula is C23H29ClN2O. The zero-order valence-electron chi connectivity index (χ0n) is 16.5. The van der Waals surface area contributed by atoms with Gasteiger partial charge in [-0.2, -0.15) is 0 Å². The van der Waals surface area contributed by atoms with Crippen molar-refractivity contribution in [3.05, 3.63) is 70.2 Å². The molecule has 0 bridgehead atoms. The van der Waals surface area contributed by atoms with Gasteiger partial charge >= 0.3 is 0 Å². The number of halogens is 1. The minimum absolute atomic E-state index is 0.0787. The van der Waals surface area contributed by atoms with Crippen molar-refractivity contribution in [1.82, 2.24) is 10.2 Å². The fourth-order valence-corrected chi connectivity index (χ4v) is 4.76. The first-order valence-corrected chi connectivity index (χ1v) is 10.2. The molecular weight excluding hydrogens is 356 g/mol. The minimum Gasteiger partial charge on any atom is -0.343 e. The quantitative estimate of drug-likeness (QED) is 0.737. The highest BCUT2D eigenvalue weighted by atomic mass is 35.5. The first-order chi connectivity index (χ1) is 13.0. The Bertz CT molecular complexity index is 782. The maximum atomic E-state index is 13.3. The summed E-state index contributed by atoms with van der Waals surface area (Å²) in [6, 6.07) is 15.9. The predicted molar refractivity (Wildman–Crippen MR) is 112 cm³/mol. The average Bonchev–Trinajstić information content (AvgIpc) is 3.17. The van der Waals surface area contributed by atoms with E-state index in [-0.39, 0.29) is 17.5 Å². The second kappa shape index (κ2) is 8.45. The van der Waals surface area contributed by atoms with E-state index in [1.807, 2.05) is 30.3 Å². The number of rotatable bonds is 6. The van der Waals surface area contributed by atoms with Crippen molar-refractivity contribution < 1.29 is 4.79 Å². The summed E-state index contributed by atoms with van der Waals surface area (Å²) in [6.07, 6.45) is 5.29. The lowest BCUT2D eigenvalue weighted by Crippen LogP contribution is -2.53. The third-order valence-corrected chi connectivity index (χ3v) is 6.33. The van der Waals surface area contributed by atoms with E-state index in [1.54, 1.807) is 6.07 Å². The van der Waals surface area contributed by atoms with Crippen molar-refractivity contribution in [1.29, 1.82) is 0 Å². The highest BCUT2D eigenvalue weighted by Crippen LogP contribution is 2.43. The summed E-state index contributed by atoms with van der Waals surface area (Å²) >= 11 is 6.42. The second-order valence-corrected chi connectivity index (χ2v) is 8.06. The molecule has 0 saturated heterocycles. The van der Waals surface area contributed by atoms with E-state index >= 15 is 0 Å². The van der Waals surface area contributed by atoms with E-state index in [9.17, 15) is 4.79 Å². The fraction of sp³-hybridized carbons (Fsp3) is 0.435. The first kappa shape index (κ1) is 19.9. The number of hydrogen-bond donors (Lipinski definition) is 1. The number of carbonyl (C=O) groups is 1. The van der Waals surface area contributed by atoms with Crippen LogP contribution in [0.1, 0.15) is 60.1 Å². The Morgan fingerprint density at radius 3 is 2.37 bits per heavy atom. The van der Waals surface area contributed by atoms with Crippen LogP contribution in [0, 0.1) is 0 Å². The van der Waals surface area contributed by atoms with Crippen LogP contribution in [0.25, 0.3) is 0 Å². The van der Waals surface area contributed by atoms with Gasteiger partial charge in [-0.05, 0) is 50.6 Å². The van der Waals surface area contributed by atoms with E-state index in [4.69, 9.17) is 11.6 Å². The first-order valence-electron chi connectivity index (χ1n) is 9.80. The summed E-state index contributed by atoms with van der Waals surface area (Å²) in [5.74, 6) is -0.0839. The number of carbonyl (C=O) groups excluding carboxylic acids is 1. The molecule has 3 rings (SSSR count). The highest BCUT2D eigenvalue weighted by Gasteiger charge is 2.44. The van der Waals surface area contributed by atoms with Gasteiger partial charge in [-0.1, -0.05) is 73.8 Å². The third-order valence-electron chi connectivity index (χ3n) is 6.01. The summed E-state index contributed by atoms with van der Waals surface area (Å²) in [5, 5.41) is 3.88. The molecule has 0 aliphatic heterocycles. The Morgan fingerprint density at radius 1 is 1.11 bits per heavy atom. The van der Waals surface area contributed by atoms with Gasteiger partial charge in [-0.15, -0.1) is 0 Å². The van der Waals surface area contributed by atoms with Crippen LogP contribution in [0.4, 0.5) is 0 Å². The molecule has 144 valence electrons. The van der Waals surface area contributed by atoms with Crippen molar-refractivity contribution in [2.75, 3.05) is 14.1 Å². The monoisotopic (exact) mass is 384 g/mol. The molecule has 0 spiro atoms. The fourth-order valence-electron chi connectivity index (χ4n) is 4.48. The molecule has 1 unspecified atom stereocenters. The van der Waals surface area contributed by atoms with Crippen LogP contribution < -0.4 is 5.32 Å². The lowest BCUT2D eigenvalue weighted by atomic mass is 9.82. The van der Waals surface area contributed by atoms with E-state index in [0.717, 1.165) is 30.4 Å². The Kier molecular flexibility index (Phi) is 6.23. The number of hydrogen-bond acceptors (Lipinski definition) is 2. The van der Waals surface area contributed by atoms with Crippen molar-refractivity contribution in [2.24, 2.45) is 0 Å². The Balaban J connectivity index is 2.02. The number of benzene rings is 2. The molecule has 1 atom stereocenters. The molecule has 27 heavy (non-hydrogen) atoms. The summed E-state index contributed by atoms with van der Waals surface area (Å²) in [5.41, 5.74) is 2.66. The van der Waals surface area contributed by atoms with Gasteiger partial charge in [0.05, 0.1) is 16.6 Å². The predicted octanol–water partition coefficient (Wildman–Crippen LogP) is 5.25. The molecule has 1 fully saturated rings. The Hall–Kier alpha value is -1.84. The molecule has 1 N–H and O–H groups in total. The van der Waals surface area contributed by atoms with Gasteiger partial charge in [0.1, 0.15) is 0 Å². The lowest BCUT2D eigenvalue weighted by Gasteiger charge is -2.44. The van der Waals surface area contributed by atoms with Crippen molar-refractivity contribution in [2.45, 2.75) is 50.6 Å². The molecule has 4 heteroatoms. The zero-order valence-corrected chi connectivity index (χ0v) is 17.2. The summed E-state index contributed by atoms with van der Waals surface area (Å²) in [4.78, 5) is 15.6. The van der Waals surface area contributed by atoms with Gasteiger partial charge in [0, 0.05) is 5.54 Å². The molecule has 0 heterocycles. The normalized spacial score (nSPS) is 17.1. The topological polar surface area (TPSA) is 32.3 Å². The number of likely N-dealkylation sites (N-methyl/N-ethyl adjacent to an activating group) is 1. The molecule has 2 aromatic carbocycles. The van der Waals surface area contributed by atoms with Crippen LogP contribution in [0.15, 0.2) is 48.5 Å². The Labute approximate surface area is 167 Å². The maximum absolute atomic E-state index is 13.3. The largest absolute Gasteiger partial charge is 0.343 e. The van der Waals surface area contributed by atoms with E-state index in [2.05, 4.69) is 43.4 Å². The third kappa shape index (κ3) is 3.90. The molecule has 1 aliphatic rings. The molecule has 3 nitrogen and oxygen atoms in total. The van der Waals surface area contributed by atoms with Crippen LogP contribution in [-0.2, 0) is 6.42 Å². The van der Waals surface area contributed by atoms with Crippen LogP contribution in [0.5, 0.6) is 0 Å². The van der Waals surface area contributed by atoms with Gasteiger partial charge in [-0.25, -0.2) is 0 Å². The summed E-state index contributed by atoms with van der Waals surface area (Å²) in [6.45, 7) is 2.05. The van der Waals surface area contributed by atoms with E-state index in [1.165, 1.54) is 12.8 Å². The van der Waals surface area contributed by atoms with Crippen LogP contribution in [0.3, 0.4) is 0 Å². The standard InChI is InChI=1S/C23H29ClN2O/c1-4-17-13-10-14-19(24)20(17)22(27)25-21(18-11-6-5-7-12-18)23(26(2)3)15-8-9-16-23/h5-7,10-14,21H,4,8-9,15-16H2,1-3H3,(H,25,27). The minimum atomic E-state index is -0.0839. The SMILES string of the molecule is CCc1cccc(Cl)c1C(=O)NC(c1ccccc1)C1(N(C)C)CCCC1. The van der Waals surface area contributed by atoms with Gasteiger partial charge in [-0.3, -0.25) is 4.79 Å². The summed E-state index contributed by atoms with van der Waals surface area (Å²) < 4.78 is 0.